The molecule has 0 N–H and O–H groups in total. The van der Waals surface area contributed by atoms with Gasteiger partial charge in [0.2, 0.25) is 0 Å². The van der Waals surface area contributed by atoms with Gasteiger partial charge in [-0.1, -0.05) is 20.8 Å². The topological polar surface area (TPSA) is 12.9 Å². The third-order valence-electron chi connectivity index (χ3n) is 1.81. The van der Waals surface area contributed by atoms with E-state index in [1.54, 1.807) is 11.8 Å². The van der Waals surface area contributed by atoms with Gasteiger partial charge >= 0.3 is 0 Å². The van der Waals surface area contributed by atoms with Crippen molar-refractivity contribution in [3.63, 3.8) is 0 Å². The lowest BCUT2D eigenvalue weighted by Gasteiger charge is -2.18. The molecule has 0 aliphatic rings. The zero-order valence-electron chi connectivity index (χ0n) is 8.09. The fraction of sp³-hybridized carbons (Fsp3) is 0.500. The highest BCUT2D eigenvalue weighted by Crippen LogP contribution is 2.24. The van der Waals surface area contributed by atoms with Gasteiger partial charge in [-0.25, -0.2) is 0 Å². The van der Waals surface area contributed by atoms with Crippen molar-refractivity contribution in [1.82, 2.24) is 4.98 Å². The third-order valence-corrected chi connectivity index (χ3v) is 2.51. The summed E-state index contributed by atoms with van der Waals surface area (Å²) in [6.07, 6.45) is 5.92. The van der Waals surface area contributed by atoms with Crippen LogP contribution in [0.2, 0.25) is 0 Å². The summed E-state index contributed by atoms with van der Waals surface area (Å²) in [4.78, 5) is 5.44. The lowest BCUT2D eigenvalue weighted by atomic mass is 9.88. The Bertz CT molecular complexity index is 263. The number of thioether (sulfide) groups is 1. The average molecular weight is 181 g/mol. The number of nitrogens with zero attached hydrogens (tertiary/aromatic N) is 1. The molecule has 0 spiro atoms. The Morgan fingerprint density at radius 3 is 2.42 bits per heavy atom. The molecule has 0 unspecified atom stereocenters. The molecule has 1 heterocycles. The molecule has 12 heavy (non-hydrogen) atoms. The molecule has 0 radical (unpaired) electrons. The van der Waals surface area contributed by atoms with Gasteiger partial charge in [-0.2, -0.15) is 0 Å². The van der Waals surface area contributed by atoms with E-state index in [0.717, 1.165) is 0 Å². The van der Waals surface area contributed by atoms with Crippen LogP contribution < -0.4 is 0 Å². The molecule has 0 fully saturated rings. The maximum Gasteiger partial charge on any atom is 0.0404 e. The van der Waals surface area contributed by atoms with Gasteiger partial charge in [0.1, 0.15) is 0 Å². The first kappa shape index (κ1) is 9.59. The van der Waals surface area contributed by atoms with E-state index in [1.807, 2.05) is 12.4 Å². The molecule has 1 nitrogen and oxygen atoms in total. The van der Waals surface area contributed by atoms with E-state index in [9.17, 15) is 0 Å². The van der Waals surface area contributed by atoms with Gasteiger partial charge < -0.3 is 0 Å². The van der Waals surface area contributed by atoms with Crippen LogP contribution in [0, 0.1) is 0 Å². The number of aromatic nitrogens is 1. The Morgan fingerprint density at radius 1 is 1.25 bits per heavy atom. The number of hydrogen-bond acceptors (Lipinski definition) is 2. The van der Waals surface area contributed by atoms with Crippen LogP contribution in [0.25, 0.3) is 0 Å². The standard InChI is InChI=1S/C10H15NS/c1-10(2,3)8-5-9(12-4)7-11-6-8/h5-7H,1-4H3. The summed E-state index contributed by atoms with van der Waals surface area (Å²) in [5, 5.41) is 0. The normalized spacial score (nSPS) is 11.7. The Morgan fingerprint density at radius 2 is 1.92 bits per heavy atom. The van der Waals surface area contributed by atoms with Gasteiger partial charge in [-0.3, -0.25) is 4.98 Å². The highest BCUT2D eigenvalue weighted by atomic mass is 32.2. The molecule has 0 saturated heterocycles. The SMILES string of the molecule is CSc1cncc(C(C)(C)C)c1. The molecule has 66 valence electrons. The molecule has 0 aliphatic carbocycles. The molecule has 0 aliphatic heterocycles. The molecular formula is C10H15NS. The zero-order chi connectivity index (χ0) is 9.19. The molecule has 0 saturated carbocycles. The Labute approximate surface area is 78.6 Å². The predicted molar refractivity (Wildman–Crippen MR) is 54.7 cm³/mol. The molecule has 0 aromatic carbocycles. The van der Waals surface area contributed by atoms with E-state index in [-0.39, 0.29) is 5.41 Å². The van der Waals surface area contributed by atoms with Crippen LogP contribution in [0.15, 0.2) is 23.4 Å². The monoisotopic (exact) mass is 181 g/mol. The Kier molecular flexibility index (Phi) is 2.78. The van der Waals surface area contributed by atoms with Gasteiger partial charge in [-0.15, -0.1) is 11.8 Å². The molecule has 1 aromatic rings. The molecule has 2 heteroatoms. The van der Waals surface area contributed by atoms with Crippen molar-refractivity contribution in [3.8, 4) is 0 Å². The fourth-order valence-electron chi connectivity index (χ4n) is 0.941. The van der Waals surface area contributed by atoms with Gasteiger partial charge in [0.15, 0.2) is 0 Å². The Hall–Kier alpha value is -0.500. The van der Waals surface area contributed by atoms with Gasteiger partial charge in [0, 0.05) is 17.3 Å². The summed E-state index contributed by atoms with van der Waals surface area (Å²) in [6.45, 7) is 6.61. The van der Waals surface area contributed by atoms with Crippen LogP contribution >= 0.6 is 11.8 Å². The van der Waals surface area contributed by atoms with Crippen LogP contribution in [0.5, 0.6) is 0 Å². The first-order valence-electron chi connectivity index (χ1n) is 4.03. The third kappa shape index (κ3) is 2.24. The fourth-order valence-corrected chi connectivity index (χ4v) is 1.35. The van der Waals surface area contributed by atoms with E-state index >= 15 is 0 Å². The van der Waals surface area contributed by atoms with E-state index in [4.69, 9.17) is 0 Å². The Balaban J connectivity index is 3.02. The van der Waals surface area contributed by atoms with Crippen molar-refractivity contribution in [2.75, 3.05) is 6.26 Å². The summed E-state index contributed by atoms with van der Waals surface area (Å²) < 4.78 is 0. The first-order valence-corrected chi connectivity index (χ1v) is 5.26. The summed E-state index contributed by atoms with van der Waals surface area (Å²) in [6, 6.07) is 2.21. The summed E-state index contributed by atoms with van der Waals surface area (Å²) in [5.41, 5.74) is 1.51. The van der Waals surface area contributed by atoms with E-state index in [1.165, 1.54) is 10.5 Å². The van der Waals surface area contributed by atoms with Crippen molar-refractivity contribution in [1.29, 1.82) is 0 Å². The molecule has 1 rings (SSSR count). The minimum atomic E-state index is 0.207. The van der Waals surface area contributed by atoms with Gasteiger partial charge in [-0.05, 0) is 23.3 Å². The van der Waals surface area contributed by atoms with Crippen molar-refractivity contribution in [2.45, 2.75) is 31.1 Å². The van der Waals surface area contributed by atoms with Crippen LogP contribution in [0.4, 0.5) is 0 Å². The quantitative estimate of drug-likeness (QED) is 0.617. The van der Waals surface area contributed by atoms with E-state index < -0.39 is 0 Å². The molecule has 0 amide bonds. The molecule has 0 bridgehead atoms. The smallest absolute Gasteiger partial charge is 0.0404 e. The van der Waals surface area contributed by atoms with Crippen molar-refractivity contribution in [3.05, 3.63) is 24.0 Å². The molecule has 1 aromatic heterocycles. The second kappa shape index (κ2) is 3.48. The van der Waals surface area contributed by atoms with Crippen molar-refractivity contribution in [2.24, 2.45) is 0 Å². The maximum atomic E-state index is 4.20. The first-order chi connectivity index (χ1) is 5.54. The number of hydrogen-bond donors (Lipinski definition) is 0. The second-order valence-corrected chi connectivity index (χ2v) is 4.74. The zero-order valence-corrected chi connectivity index (χ0v) is 8.90. The summed E-state index contributed by atoms with van der Waals surface area (Å²) in [7, 11) is 0. The predicted octanol–water partition coefficient (Wildman–Crippen LogP) is 3.10. The second-order valence-electron chi connectivity index (χ2n) is 3.86. The van der Waals surface area contributed by atoms with Crippen LogP contribution in [0.3, 0.4) is 0 Å². The number of rotatable bonds is 1. The highest BCUT2D eigenvalue weighted by Gasteiger charge is 2.13. The summed E-state index contributed by atoms with van der Waals surface area (Å²) >= 11 is 1.74. The van der Waals surface area contributed by atoms with Crippen LogP contribution in [-0.2, 0) is 5.41 Å². The lowest BCUT2D eigenvalue weighted by molar-refractivity contribution is 0.585. The van der Waals surface area contributed by atoms with E-state index in [0.29, 0.717) is 0 Å². The molecular weight excluding hydrogens is 166 g/mol. The molecule has 0 atom stereocenters. The van der Waals surface area contributed by atoms with Crippen molar-refractivity contribution >= 4 is 11.8 Å². The van der Waals surface area contributed by atoms with Crippen LogP contribution in [-0.4, -0.2) is 11.2 Å². The summed E-state index contributed by atoms with van der Waals surface area (Å²) in [5.74, 6) is 0. The highest BCUT2D eigenvalue weighted by molar-refractivity contribution is 7.98. The van der Waals surface area contributed by atoms with Crippen LogP contribution in [0.1, 0.15) is 26.3 Å². The number of pyridine rings is 1. The average Bonchev–Trinajstić information content (AvgIpc) is 2.03. The maximum absolute atomic E-state index is 4.20. The minimum Gasteiger partial charge on any atom is -0.263 e. The van der Waals surface area contributed by atoms with Gasteiger partial charge in [0.05, 0.1) is 0 Å². The van der Waals surface area contributed by atoms with E-state index in [2.05, 4.69) is 38.1 Å². The largest absolute Gasteiger partial charge is 0.263 e. The minimum absolute atomic E-state index is 0.207. The van der Waals surface area contributed by atoms with Crippen molar-refractivity contribution < 1.29 is 0 Å². The lowest BCUT2D eigenvalue weighted by Crippen LogP contribution is -2.11. The van der Waals surface area contributed by atoms with Gasteiger partial charge in [0.25, 0.3) is 0 Å².